The maximum atomic E-state index is 12.9. The molecule has 25 heavy (non-hydrogen) atoms. The lowest BCUT2D eigenvalue weighted by Gasteiger charge is -2.30. The summed E-state index contributed by atoms with van der Waals surface area (Å²) in [6.07, 6.45) is 5.34. The largest absolute Gasteiger partial charge is 0.388 e. The number of likely N-dealkylation sites (N-methyl/N-ethyl adjacent to an activating group) is 1. The minimum atomic E-state index is -0.719. The van der Waals surface area contributed by atoms with Crippen molar-refractivity contribution in [2.45, 2.75) is 24.9 Å². The van der Waals surface area contributed by atoms with Gasteiger partial charge in [0.2, 0.25) is 0 Å². The number of aromatic nitrogens is 3. The van der Waals surface area contributed by atoms with Crippen molar-refractivity contribution in [2.75, 3.05) is 33.7 Å². The van der Waals surface area contributed by atoms with Crippen LogP contribution in [0, 0.1) is 0 Å². The molecule has 1 atom stereocenters. The first kappa shape index (κ1) is 17.6. The van der Waals surface area contributed by atoms with Crippen molar-refractivity contribution in [3.63, 3.8) is 0 Å². The molecule has 2 aromatic rings. The topological polar surface area (TPSA) is 74.5 Å². The van der Waals surface area contributed by atoms with Gasteiger partial charge in [-0.05, 0) is 51.6 Å². The molecule has 3 rings (SSSR count). The van der Waals surface area contributed by atoms with Crippen LogP contribution in [-0.2, 0) is 0 Å². The second kappa shape index (κ2) is 7.33. The summed E-state index contributed by atoms with van der Waals surface area (Å²) in [6, 6.07) is 7.46. The summed E-state index contributed by atoms with van der Waals surface area (Å²) in [7, 11) is 3.92. The van der Waals surface area contributed by atoms with E-state index in [2.05, 4.69) is 10.2 Å². The van der Waals surface area contributed by atoms with Gasteiger partial charge in [-0.15, -0.1) is 10.2 Å². The number of carbonyl (C=O) groups excluding carboxylic acids is 1. The van der Waals surface area contributed by atoms with E-state index in [0.717, 1.165) is 18.5 Å². The number of nitrogens with zero attached hydrogens (tertiary/aromatic N) is 5. The lowest BCUT2D eigenvalue weighted by atomic mass is 9.94. The van der Waals surface area contributed by atoms with E-state index in [1.807, 2.05) is 48.2 Å². The normalized spacial score (nSPS) is 21.4. The van der Waals surface area contributed by atoms with Crippen molar-refractivity contribution >= 4 is 5.91 Å². The molecule has 1 amide bonds. The molecule has 0 radical (unpaired) electrons. The van der Waals surface area contributed by atoms with Gasteiger partial charge in [0.1, 0.15) is 12.7 Å². The molecule has 1 N–H and O–H groups in total. The van der Waals surface area contributed by atoms with Gasteiger partial charge in [-0.3, -0.25) is 9.36 Å². The molecule has 7 heteroatoms. The van der Waals surface area contributed by atoms with E-state index in [1.54, 1.807) is 17.2 Å². The number of amides is 1. The third kappa shape index (κ3) is 4.24. The highest BCUT2D eigenvalue weighted by Gasteiger charge is 2.32. The minimum Gasteiger partial charge on any atom is -0.388 e. The number of carbonyl (C=O) groups is 1. The van der Waals surface area contributed by atoms with Gasteiger partial charge in [0.15, 0.2) is 0 Å². The van der Waals surface area contributed by atoms with E-state index in [-0.39, 0.29) is 5.91 Å². The zero-order valence-corrected chi connectivity index (χ0v) is 14.8. The van der Waals surface area contributed by atoms with Crippen LogP contribution in [0.2, 0.25) is 0 Å². The highest BCUT2D eigenvalue weighted by atomic mass is 16.3. The van der Waals surface area contributed by atoms with Crippen molar-refractivity contribution in [1.82, 2.24) is 24.6 Å². The molecule has 0 aliphatic carbocycles. The molecule has 7 nitrogen and oxygen atoms in total. The Morgan fingerprint density at radius 2 is 2.00 bits per heavy atom. The third-order valence-electron chi connectivity index (χ3n) is 4.62. The van der Waals surface area contributed by atoms with Crippen molar-refractivity contribution in [2.24, 2.45) is 0 Å². The Morgan fingerprint density at radius 3 is 2.72 bits per heavy atom. The number of aliphatic hydroxyl groups is 1. The van der Waals surface area contributed by atoms with E-state index in [4.69, 9.17) is 0 Å². The smallest absolute Gasteiger partial charge is 0.253 e. The Hall–Kier alpha value is -2.25. The molecule has 1 aromatic carbocycles. The maximum Gasteiger partial charge on any atom is 0.253 e. The van der Waals surface area contributed by atoms with E-state index in [0.29, 0.717) is 31.6 Å². The molecular weight excluding hydrogens is 318 g/mol. The molecule has 0 bridgehead atoms. The fourth-order valence-electron chi connectivity index (χ4n) is 3.44. The lowest BCUT2D eigenvalue weighted by Crippen LogP contribution is -2.41. The van der Waals surface area contributed by atoms with Crippen LogP contribution in [0.1, 0.15) is 29.6 Å². The summed E-state index contributed by atoms with van der Waals surface area (Å²) < 4.78 is 1.77. The Kier molecular flexibility index (Phi) is 5.15. The van der Waals surface area contributed by atoms with Gasteiger partial charge in [-0.1, -0.05) is 6.07 Å². The molecule has 0 unspecified atom stereocenters. The van der Waals surface area contributed by atoms with Crippen LogP contribution in [-0.4, -0.2) is 74.9 Å². The van der Waals surface area contributed by atoms with Crippen LogP contribution >= 0.6 is 0 Å². The summed E-state index contributed by atoms with van der Waals surface area (Å²) in [5.41, 5.74) is 0.780. The molecular formula is C18H25N5O2. The minimum absolute atomic E-state index is 0.00373. The molecule has 1 aliphatic rings. The lowest BCUT2D eigenvalue weighted by molar-refractivity contribution is 0.00305. The highest BCUT2D eigenvalue weighted by Crippen LogP contribution is 2.24. The Labute approximate surface area is 147 Å². The highest BCUT2D eigenvalue weighted by molar-refractivity contribution is 5.94. The maximum absolute atomic E-state index is 12.9. The summed E-state index contributed by atoms with van der Waals surface area (Å²) in [6.45, 7) is 1.86. The fourth-order valence-corrected chi connectivity index (χ4v) is 3.44. The number of likely N-dealkylation sites (tertiary alicyclic amines) is 1. The Bertz CT molecular complexity index is 716. The summed E-state index contributed by atoms with van der Waals surface area (Å²) in [4.78, 5) is 16.7. The molecule has 0 spiro atoms. The molecule has 1 aromatic heterocycles. The van der Waals surface area contributed by atoms with Crippen LogP contribution in [0.15, 0.2) is 36.9 Å². The zero-order chi connectivity index (χ0) is 17.9. The predicted octanol–water partition coefficient (Wildman–Crippen LogP) is 1.19. The Balaban J connectivity index is 1.72. The van der Waals surface area contributed by atoms with Crippen LogP contribution in [0.3, 0.4) is 0 Å². The number of hydrogen-bond acceptors (Lipinski definition) is 5. The number of benzene rings is 1. The molecule has 1 saturated heterocycles. The van der Waals surface area contributed by atoms with Gasteiger partial charge in [0.25, 0.3) is 5.91 Å². The van der Waals surface area contributed by atoms with Crippen LogP contribution in [0.5, 0.6) is 0 Å². The first-order valence-electron chi connectivity index (χ1n) is 8.58. The van der Waals surface area contributed by atoms with E-state index in [1.165, 1.54) is 0 Å². The molecule has 2 heterocycles. The summed E-state index contributed by atoms with van der Waals surface area (Å²) >= 11 is 0. The molecule has 1 aliphatic heterocycles. The fraction of sp³-hybridized carbons (Fsp3) is 0.500. The van der Waals surface area contributed by atoms with Gasteiger partial charge >= 0.3 is 0 Å². The number of hydrogen-bond donors (Lipinski definition) is 1. The van der Waals surface area contributed by atoms with Gasteiger partial charge in [0.05, 0.1) is 5.60 Å². The van der Waals surface area contributed by atoms with E-state index in [9.17, 15) is 9.90 Å². The average Bonchev–Trinajstić information content (AvgIpc) is 3.05. The first-order chi connectivity index (χ1) is 12.0. The first-order valence-corrected chi connectivity index (χ1v) is 8.58. The van der Waals surface area contributed by atoms with E-state index < -0.39 is 5.60 Å². The molecule has 0 saturated carbocycles. The third-order valence-corrected chi connectivity index (χ3v) is 4.62. The predicted molar refractivity (Wildman–Crippen MR) is 94.6 cm³/mol. The monoisotopic (exact) mass is 343 g/mol. The van der Waals surface area contributed by atoms with Crippen molar-refractivity contribution in [3.05, 3.63) is 42.5 Å². The second-order valence-corrected chi connectivity index (χ2v) is 7.03. The van der Waals surface area contributed by atoms with Crippen molar-refractivity contribution in [1.29, 1.82) is 0 Å². The average molecular weight is 343 g/mol. The second-order valence-electron chi connectivity index (χ2n) is 7.03. The Morgan fingerprint density at radius 1 is 1.24 bits per heavy atom. The van der Waals surface area contributed by atoms with Gasteiger partial charge in [-0.25, -0.2) is 0 Å². The molecule has 1 fully saturated rings. The SMILES string of the molecule is CN(C)C[C@@]1(O)CCCN(C(=O)c2cccc(-n3cnnc3)c2)CC1. The van der Waals surface area contributed by atoms with Crippen molar-refractivity contribution < 1.29 is 9.90 Å². The quantitative estimate of drug-likeness (QED) is 0.902. The number of rotatable bonds is 4. The van der Waals surface area contributed by atoms with Crippen LogP contribution in [0.4, 0.5) is 0 Å². The van der Waals surface area contributed by atoms with Crippen molar-refractivity contribution in [3.8, 4) is 5.69 Å². The van der Waals surface area contributed by atoms with E-state index >= 15 is 0 Å². The molecule has 134 valence electrons. The summed E-state index contributed by atoms with van der Waals surface area (Å²) in [5, 5.41) is 18.4. The van der Waals surface area contributed by atoms with Crippen LogP contribution in [0.25, 0.3) is 5.69 Å². The van der Waals surface area contributed by atoms with Gasteiger partial charge < -0.3 is 14.9 Å². The summed E-state index contributed by atoms with van der Waals surface area (Å²) in [5.74, 6) is 0.00373. The van der Waals surface area contributed by atoms with Gasteiger partial charge in [-0.2, -0.15) is 0 Å². The standard InChI is InChI=1S/C18H25N5O2/c1-21(2)12-18(25)7-4-9-22(10-8-18)17(24)15-5-3-6-16(11-15)23-13-19-20-14-23/h3,5-6,11,13-14,25H,4,7-10,12H2,1-2H3/t18-/m1/s1. The zero-order valence-electron chi connectivity index (χ0n) is 14.8. The van der Waals surface area contributed by atoms with Crippen LogP contribution < -0.4 is 0 Å². The van der Waals surface area contributed by atoms with Gasteiger partial charge in [0, 0.05) is 30.9 Å².